The molecule has 1 saturated carbocycles. The lowest BCUT2D eigenvalue weighted by Crippen LogP contribution is -2.29. The average molecular weight is 248 g/mol. The number of thiocarbonyl (C=S) groups is 1. The molecule has 0 bridgehead atoms. The Morgan fingerprint density at radius 2 is 2.18 bits per heavy atom. The second-order valence-corrected chi connectivity index (χ2v) is 4.92. The number of hydrogen-bond donors (Lipinski definition) is 2. The van der Waals surface area contributed by atoms with Gasteiger partial charge in [-0.1, -0.05) is 30.8 Å². The first-order chi connectivity index (χ1) is 8.09. The second kappa shape index (κ2) is 4.84. The number of rotatable bonds is 3. The zero-order valence-corrected chi connectivity index (χ0v) is 10.6. The lowest BCUT2D eigenvalue weighted by molar-refractivity contribution is -0.122. The van der Waals surface area contributed by atoms with Gasteiger partial charge in [0.15, 0.2) is 0 Å². The van der Waals surface area contributed by atoms with Crippen molar-refractivity contribution in [1.82, 2.24) is 0 Å². The first-order valence-corrected chi connectivity index (χ1v) is 6.20. The first kappa shape index (κ1) is 12.0. The summed E-state index contributed by atoms with van der Waals surface area (Å²) in [7, 11) is 0. The highest BCUT2D eigenvalue weighted by atomic mass is 32.1. The van der Waals surface area contributed by atoms with Crippen LogP contribution in [0.2, 0.25) is 0 Å². The van der Waals surface area contributed by atoms with E-state index < -0.39 is 0 Å². The lowest BCUT2D eigenvalue weighted by atomic mass is 9.84. The maximum atomic E-state index is 11.9. The van der Waals surface area contributed by atoms with Crippen LogP contribution in [0.25, 0.3) is 0 Å². The van der Waals surface area contributed by atoms with Gasteiger partial charge in [-0.25, -0.2) is 0 Å². The Balaban J connectivity index is 2.22. The molecule has 1 aliphatic rings. The average Bonchev–Trinajstić information content (AvgIpc) is 2.13. The number of benzene rings is 1. The molecule has 3 nitrogen and oxygen atoms in total. The molecule has 90 valence electrons. The largest absolute Gasteiger partial charge is 0.389 e. The van der Waals surface area contributed by atoms with Crippen molar-refractivity contribution in [2.45, 2.75) is 26.2 Å². The van der Waals surface area contributed by atoms with Gasteiger partial charge in [0.2, 0.25) is 5.91 Å². The van der Waals surface area contributed by atoms with E-state index >= 15 is 0 Å². The van der Waals surface area contributed by atoms with E-state index in [1.165, 1.54) is 0 Å². The summed E-state index contributed by atoms with van der Waals surface area (Å²) in [6.45, 7) is 1.94. The van der Waals surface area contributed by atoms with Crippen LogP contribution >= 0.6 is 12.2 Å². The van der Waals surface area contributed by atoms with Gasteiger partial charge < -0.3 is 11.1 Å². The van der Waals surface area contributed by atoms with Gasteiger partial charge in [-0.15, -0.1) is 0 Å². The van der Waals surface area contributed by atoms with Gasteiger partial charge in [0, 0.05) is 11.5 Å². The minimum atomic E-state index is 0.0827. The van der Waals surface area contributed by atoms with Crippen molar-refractivity contribution in [2.75, 3.05) is 5.32 Å². The first-order valence-electron chi connectivity index (χ1n) is 5.80. The van der Waals surface area contributed by atoms with Gasteiger partial charge in [0.05, 0.1) is 5.69 Å². The lowest BCUT2D eigenvalue weighted by Gasteiger charge is -2.24. The molecule has 0 radical (unpaired) electrons. The Kier molecular flexibility index (Phi) is 3.43. The molecular formula is C13H16N2OS. The summed E-state index contributed by atoms with van der Waals surface area (Å²) in [6.07, 6.45) is 3.12. The fourth-order valence-corrected chi connectivity index (χ4v) is 2.28. The number of anilines is 1. The predicted octanol–water partition coefficient (Wildman–Crippen LogP) is 2.37. The molecule has 4 heteroatoms. The number of aryl methyl sites for hydroxylation is 1. The van der Waals surface area contributed by atoms with Crippen LogP contribution in [0.15, 0.2) is 18.2 Å². The molecule has 1 fully saturated rings. The topological polar surface area (TPSA) is 55.1 Å². The maximum absolute atomic E-state index is 11.9. The van der Waals surface area contributed by atoms with Crippen LogP contribution in [0.5, 0.6) is 0 Å². The van der Waals surface area contributed by atoms with Gasteiger partial charge in [-0.05, 0) is 31.4 Å². The molecule has 0 unspecified atom stereocenters. The summed E-state index contributed by atoms with van der Waals surface area (Å²) < 4.78 is 0. The van der Waals surface area contributed by atoms with Crippen LogP contribution in [-0.2, 0) is 4.79 Å². The van der Waals surface area contributed by atoms with E-state index in [9.17, 15) is 4.79 Å². The number of amides is 1. The van der Waals surface area contributed by atoms with Crippen molar-refractivity contribution in [3.63, 3.8) is 0 Å². The van der Waals surface area contributed by atoms with Gasteiger partial charge in [-0.3, -0.25) is 4.79 Å². The Morgan fingerprint density at radius 1 is 1.47 bits per heavy atom. The third-order valence-electron chi connectivity index (χ3n) is 3.25. The van der Waals surface area contributed by atoms with Crippen LogP contribution in [0.4, 0.5) is 5.69 Å². The van der Waals surface area contributed by atoms with E-state index in [1.807, 2.05) is 25.1 Å². The third kappa shape index (κ3) is 2.47. The molecule has 1 aliphatic carbocycles. The summed E-state index contributed by atoms with van der Waals surface area (Å²) in [5.41, 5.74) is 8.19. The van der Waals surface area contributed by atoms with E-state index in [1.54, 1.807) is 0 Å². The zero-order valence-electron chi connectivity index (χ0n) is 9.82. The van der Waals surface area contributed by atoms with Crippen LogP contribution in [0, 0.1) is 12.8 Å². The molecule has 1 aromatic carbocycles. The molecule has 2 rings (SSSR count). The molecule has 3 N–H and O–H groups in total. The summed E-state index contributed by atoms with van der Waals surface area (Å²) >= 11 is 5.02. The molecule has 0 aliphatic heterocycles. The summed E-state index contributed by atoms with van der Waals surface area (Å²) in [4.78, 5) is 12.2. The van der Waals surface area contributed by atoms with Gasteiger partial charge in [-0.2, -0.15) is 0 Å². The van der Waals surface area contributed by atoms with Crippen LogP contribution < -0.4 is 11.1 Å². The van der Waals surface area contributed by atoms with E-state index in [2.05, 4.69) is 5.32 Å². The van der Waals surface area contributed by atoms with Crippen molar-refractivity contribution >= 4 is 28.8 Å². The quantitative estimate of drug-likeness (QED) is 0.807. The summed E-state index contributed by atoms with van der Waals surface area (Å²) in [5, 5.41) is 2.93. The van der Waals surface area contributed by atoms with Crippen molar-refractivity contribution in [3.05, 3.63) is 29.3 Å². The van der Waals surface area contributed by atoms with E-state index in [4.69, 9.17) is 18.0 Å². The maximum Gasteiger partial charge on any atom is 0.227 e. The number of nitrogens with two attached hydrogens (primary N) is 1. The number of carbonyl (C=O) groups excluding carboxylic acids is 1. The molecule has 1 amide bonds. The fourth-order valence-electron chi connectivity index (χ4n) is 2.00. The van der Waals surface area contributed by atoms with Crippen LogP contribution in [-0.4, -0.2) is 10.9 Å². The highest BCUT2D eigenvalue weighted by Crippen LogP contribution is 2.28. The van der Waals surface area contributed by atoms with Crippen molar-refractivity contribution in [2.24, 2.45) is 11.7 Å². The fraction of sp³-hybridized carbons (Fsp3) is 0.385. The van der Waals surface area contributed by atoms with Crippen LogP contribution in [0.1, 0.15) is 30.4 Å². The van der Waals surface area contributed by atoms with Crippen molar-refractivity contribution in [1.29, 1.82) is 0 Å². The molecule has 0 saturated heterocycles. The van der Waals surface area contributed by atoms with E-state index in [0.717, 1.165) is 36.1 Å². The standard InChI is InChI=1S/C13H16N2OS/c1-8-4-2-7-10(11(8)12(14)17)15-13(16)9-5-3-6-9/h2,4,7,9H,3,5-6H2,1H3,(H2,14,17)(H,15,16). The zero-order chi connectivity index (χ0) is 12.4. The highest BCUT2D eigenvalue weighted by molar-refractivity contribution is 7.80. The van der Waals surface area contributed by atoms with Gasteiger partial charge in [0.25, 0.3) is 0 Å². The van der Waals surface area contributed by atoms with Gasteiger partial charge >= 0.3 is 0 Å². The Morgan fingerprint density at radius 3 is 2.71 bits per heavy atom. The second-order valence-electron chi connectivity index (χ2n) is 4.48. The SMILES string of the molecule is Cc1cccc(NC(=O)C2CCC2)c1C(N)=S. The Labute approximate surface area is 106 Å². The van der Waals surface area contributed by atoms with Crippen molar-refractivity contribution in [3.8, 4) is 0 Å². The highest BCUT2D eigenvalue weighted by Gasteiger charge is 2.25. The predicted molar refractivity (Wildman–Crippen MR) is 73.0 cm³/mol. The normalized spacial score (nSPS) is 15.1. The van der Waals surface area contributed by atoms with Crippen molar-refractivity contribution < 1.29 is 4.79 Å². The van der Waals surface area contributed by atoms with Gasteiger partial charge in [0.1, 0.15) is 4.99 Å². The molecule has 1 aromatic rings. The smallest absolute Gasteiger partial charge is 0.227 e. The molecule has 0 atom stereocenters. The molecule has 0 heterocycles. The Bertz CT molecular complexity index is 466. The van der Waals surface area contributed by atoms with Crippen LogP contribution in [0.3, 0.4) is 0 Å². The summed E-state index contributed by atoms with van der Waals surface area (Å²) in [5.74, 6) is 0.244. The molecule has 17 heavy (non-hydrogen) atoms. The molecule has 0 aromatic heterocycles. The Hall–Kier alpha value is -1.42. The molecular weight excluding hydrogens is 232 g/mol. The van der Waals surface area contributed by atoms with E-state index in [-0.39, 0.29) is 11.8 Å². The van der Waals surface area contributed by atoms with E-state index in [0.29, 0.717) is 4.99 Å². The summed E-state index contributed by atoms with van der Waals surface area (Å²) in [6, 6.07) is 5.68. The number of nitrogens with one attached hydrogen (secondary N) is 1. The minimum Gasteiger partial charge on any atom is -0.389 e. The third-order valence-corrected chi connectivity index (χ3v) is 3.46. The minimum absolute atomic E-state index is 0.0827. The number of carbonyl (C=O) groups is 1. The number of hydrogen-bond acceptors (Lipinski definition) is 2. The monoisotopic (exact) mass is 248 g/mol. The molecule has 0 spiro atoms.